The number of hydrogen-bond donors (Lipinski definition) is 1. The third-order valence-electron chi connectivity index (χ3n) is 2.76. The fourth-order valence-corrected chi connectivity index (χ4v) is 1.93. The summed E-state index contributed by atoms with van der Waals surface area (Å²) in [5.74, 6) is 0.879. The predicted molar refractivity (Wildman–Crippen MR) is 78.7 cm³/mol. The molecular formula is C15H22ClNO2. The molecule has 0 fully saturated rings. The lowest BCUT2D eigenvalue weighted by atomic mass is 10.2. The van der Waals surface area contributed by atoms with Gasteiger partial charge >= 0.3 is 0 Å². The number of carbonyl (C=O) groups is 1. The van der Waals surface area contributed by atoms with Crippen molar-refractivity contribution in [3.8, 4) is 5.75 Å². The van der Waals surface area contributed by atoms with E-state index in [1.165, 1.54) is 0 Å². The molecule has 0 aromatic heterocycles. The van der Waals surface area contributed by atoms with Gasteiger partial charge in [0.1, 0.15) is 5.75 Å². The predicted octanol–water partition coefficient (Wildman–Crippen LogP) is 3.80. The smallest absolute Gasteiger partial charge is 0.220 e. The molecule has 0 heterocycles. The summed E-state index contributed by atoms with van der Waals surface area (Å²) >= 11 is 5.78. The Morgan fingerprint density at radius 2 is 2.05 bits per heavy atom. The van der Waals surface area contributed by atoms with Crippen LogP contribution in [-0.2, 0) is 4.79 Å². The van der Waals surface area contributed by atoms with Crippen LogP contribution in [0.15, 0.2) is 24.3 Å². The first kappa shape index (κ1) is 15.8. The Morgan fingerprint density at radius 1 is 1.37 bits per heavy atom. The fraction of sp³-hybridized carbons (Fsp3) is 0.533. The van der Waals surface area contributed by atoms with Crippen molar-refractivity contribution < 1.29 is 9.53 Å². The molecule has 19 heavy (non-hydrogen) atoms. The molecule has 1 atom stereocenters. The standard InChI is InChI=1S/C15H22ClNO2/c1-3-5-12(2)17-15(18)6-4-11-19-14-9-7-13(16)8-10-14/h7-10,12H,3-6,11H2,1-2H3,(H,17,18)/t12-/m0/s1. The average molecular weight is 284 g/mol. The van der Waals surface area contributed by atoms with Gasteiger partial charge in [0.05, 0.1) is 6.61 Å². The Kier molecular flexibility index (Phi) is 7.34. The van der Waals surface area contributed by atoms with Crippen LogP contribution in [0.5, 0.6) is 5.75 Å². The van der Waals surface area contributed by atoms with Gasteiger partial charge in [0.15, 0.2) is 0 Å². The molecule has 4 heteroatoms. The number of ether oxygens (including phenoxy) is 1. The van der Waals surface area contributed by atoms with Crippen molar-refractivity contribution in [2.45, 2.75) is 45.6 Å². The third kappa shape index (κ3) is 7.06. The number of hydrogen-bond acceptors (Lipinski definition) is 2. The normalized spacial score (nSPS) is 11.9. The molecule has 1 amide bonds. The molecule has 1 N–H and O–H groups in total. The third-order valence-corrected chi connectivity index (χ3v) is 3.01. The summed E-state index contributed by atoms with van der Waals surface area (Å²) in [6, 6.07) is 7.48. The molecule has 0 spiro atoms. The first-order valence-corrected chi connectivity index (χ1v) is 7.17. The Labute approximate surface area is 120 Å². The van der Waals surface area contributed by atoms with Crippen molar-refractivity contribution in [2.24, 2.45) is 0 Å². The molecule has 0 radical (unpaired) electrons. The number of halogens is 1. The molecule has 0 aliphatic rings. The summed E-state index contributed by atoms with van der Waals surface area (Å²) in [5.41, 5.74) is 0. The summed E-state index contributed by atoms with van der Waals surface area (Å²) in [6.07, 6.45) is 3.32. The van der Waals surface area contributed by atoms with Crippen molar-refractivity contribution in [1.29, 1.82) is 0 Å². The van der Waals surface area contributed by atoms with E-state index in [4.69, 9.17) is 16.3 Å². The molecule has 3 nitrogen and oxygen atoms in total. The van der Waals surface area contributed by atoms with Crippen LogP contribution >= 0.6 is 11.6 Å². The lowest BCUT2D eigenvalue weighted by molar-refractivity contribution is -0.121. The van der Waals surface area contributed by atoms with E-state index < -0.39 is 0 Å². The zero-order valence-corrected chi connectivity index (χ0v) is 12.4. The first-order chi connectivity index (χ1) is 9.11. The van der Waals surface area contributed by atoms with E-state index in [2.05, 4.69) is 12.2 Å². The zero-order chi connectivity index (χ0) is 14.1. The molecule has 0 aliphatic heterocycles. The van der Waals surface area contributed by atoms with E-state index >= 15 is 0 Å². The van der Waals surface area contributed by atoms with Gasteiger partial charge in [-0.25, -0.2) is 0 Å². The number of carbonyl (C=O) groups excluding carboxylic acids is 1. The van der Waals surface area contributed by atoms with Crippen molar-refractivity contribution in [2.75, 3.05) is 6.61 Å². The van der Waals surface area contributed by atoms with E-state index in [9.17, 15) is 4.79 Å². The topological polar surface area (TPSA) is 38.3 Å². The van der Waals surface area contributed by atoms with Crippen molar-refractivity contribution in [3.05, 3.63) is 29.3 Å². The minimum atomic E-state index is 0.0978. The van der Waals surface area contributed by atoms with Crippen LogP contribution in [0, 0.1) is 0 Å². The van der Waals surface area contributed by atoms with E-state index in [0.717, 1.165) is 18.6 Å². The molecule has 1 aromatic carbocycles. The van der Waals surface area contributed by atoms with Gasteiger partial charge in [0, 0.05) is 17.5 Å². The van der Waals surface area contributed by atoms with Gasteiger partial charge in [-0.15, -0.1) is 0 Å². The van der Waals surface area contributed by atoms with E-state index in [-0.39, 0.29) is 11.9 Å². The van der Waals surface area contributed by atoms with Crippen LogP contribution in [0.2, 0.25) is 5.02 Å². The monoisotopic (exact) mass is 283 g/mol. The molecule has 0 bridgehead atoms. The summed E-state index contributed by atoms with van der Waals surface area (Å²) in [6.45, 7) is 4.69. The van der Waals surface area contributed by atoms with Crippen LogP contribution < -0.4 is 10.1 Å². The molecule has 0 saturated carbocycles. The highest BCUT2D eigenvalue weighted by molar-refractivity contribution is 6.30. The largest absolute Gasteiger partial charge is 0.494 e. The number of rotatable bonds is 8. The van der Waals surface area contributed by atoms with E-state index in [0.29, 0.717) is 24.5 Å². The van der Waals surface area contributed by atoms with Crippen LogP contribution in [0.1, 0.15) is 39.5 Å². The summed E-state index contributed by atoms with van der Waals surface area (Å²) in [4.78, 5) is 11.6. The quantitative estimate of drug-likeness (QED) is 0.737. The second-order valence-corrected chi connectivity index (χ2v) is 5.10. The lowest BCUT2D eigenvalue weighted by Gasteiger charge is -2.12. The van der Waals surface area contributed by atoms with Crippen molar-refractivity contribution in [3.63, 3.8) is 0 Å². The highest BCUT2D eigenvalue weighted by Gasteiger charge is 2.06. The van der Waals surface area contributed by atoms with Gasteiger partial charge in [0.25, 0.3) is 0 Å². The Hall–Kier alpha value is -1.22. The van der Waals surface area contributed by atoms with Gasteiger partial charge in [-0.1, -0.05) is 24.9 Å². The van der Waals surface area contributed by atoms with Crippen molar-refractivity contribution >= 4 is 17.5 Å². The SMILES string of the molecule is CCC[C@H](C)NC(=O)CCCOc1ccc(Cl)cc1. The van der Waals surface area contributed by atoms with E-state index in [1.54, 1.807) is 12.1 Å². The second kappa shape index (κ2) is 8.81. The van der Waals surface area contributed by atoms with Crippen molar-refractivity contribution in [1.82, 2.24) is 5.32 Å². The molecule has 106 valence electrons. The number of amides is 1. The minimum absolute atomic E-state index is 0.0978. The van der Waals surface area contributed by atoms with Gasteiger partial charge < -0.3 is 10.1 Å². The molecule has 0 aliphatic carbocycles. The van der Waals surface area contributed by atoms with Gasteiger partial charge in [-0.2, -0.15) is 0 Å². The minimum Gasteiger partial charge on any atom is -0.494 e. The summed E-state index contributed by atoms with van der Waals surface area (Å²) < 4.78 is 5.53. The average Bonchev–Trinajstić information content (AvgIpc) is 2.37. The van der Waals surface area contributed by atoms with Crippen LogP contribution in [0.25, 0.3) is 0 Å². The highest BCUT2D eigenvalue weighted by atomic mass is 35.5. The Bertz CT molecular complexity index is 378. The first-order valence-electron chi connectivity index (χ1n) is 6.79. The second-order valence-electron chi connectivity index (χ2n) is 4.66. The maximum absolute atomic E-state index is 11.6. The van der Waals surface area contributed by atoms with E-state index in [1.807, 2.05) is 19.1 Å². The molecule has 1 rings (SSSR count). The van der Waals surface area contributed by atoms with Gasteiger partial charge in [-0.05, 0) is 44.0 Å². The molecule has 1 aromatic rings. The zero-order valence-electron chi connectivity index (χ0n) is 11.6. The maximum Gasteiger partial charge on any atom is 0.220 e. The van der Waals surface area contributed by atoms with Gasteiger partial charge in [-0.3, -0.25) is 4.79 Å². The Morgan fingerprint density at radius 3 is 2.68 bits per heavy atom. The highest BCUT2D eigenvalue weighted by Crippen LogP contribution is 2.15. The molecule has 0 saturated heterocycles. The number of nitrogens with one attached hydrogen (secondary N) is 1. The lowest BCUT2D eigenvalue weighted by Crippen LogP contribution is -2.32. The van der Waals surface area contributed by atoms with Gasteiger partial charge in [0.2, 0.25) is 5.91 Å². The van der Waals surface area contributed by atoms with Crippen LogP contribution in [0.3, 0.4) is 0 Å². The molecular weight excluding hydrogens is 262 g/mol. The fourth-order valence-electron chi connectivity index (χ4n) is 1.81. The number of benzene rings is 1. The van der Waals surface area contributed by atoms with Crippen LogP contribution in [-0.4, -0.2) is 18.6 Å². The summed E-state index contributed by atoms with van der Waals surface area (Å²) in [7, 11) is 0. The summed E-state index contributed by atoms with van der Waals surface area (Å²) in [5, 5.41) is 3.67. The molecule has 0 unspecified atom stereocenters. The Balaban J connectivity index is 2.13. The maximum atomic E-state index is 11.6. The van der Waals surface area contributed by atoms with Crippen LogP contribution in [0.4, 0.5) is 0 Å².